The Hall–Kier alpha value is -1.26. The molecular weight excluding hydrogens is 172 g/mol. The van der Waals surface area contributed by atoms with Crippen molar-refractivity contribution in [1.29, 1.82) is 0 Å². The third-order valence-corrected chi connectivity index (χ3v) is 2.36. The molecule has 0 fully saturated rings. The lowest BCUT2D eigenvalue weighted by molar-refractivity contribution is 0.0726. The molecule has 0 radical (unpaired) electrons. The molecule has 0 saturated carbocycles. The molecule has 1 N–H and O–H groups in total. The summed E-state index contributed by atoms with van der Waals surface area (Å²) in [7, 11) is 0. The van der Waals surface area contributed by atoms with Crippen molar-refractivity contribution in [1.82, 2.24) is 0 Å². The van der Waals surface area contributed by atoms with Gasteiger partial charge in [-0.25, -0.2) is 0 Å². The van der Waals surface area contributed by atoms with E-state index in [-0.39, 0.29) is 5.92 Å². The predicted molar refractivity (Wildman–Crippen MR) is 58.8 cm³/mol. The largest absolute Gasteiger partial charge is 0.378 e. The summed E-state index contributed by atoms with van der Waals surface area (Å²) in [4.78, 5) is 0. The maximum Gasteiger partial charge on any atom is 0.125 e. The van der Waals surface area contributed by atoms with Crippen molar-refractivity contribution in [2.75, 3.05) is 0 Å². The quantitative estimate of drug-likeness (QED) is 0.671. The topological polar surface area (TPSA) is 20.2 Å². The van der Waals surface area contributed by atoms with E-state index in [1.54, 1.807) is 6.92 Å². The average molecular weight is 188 g/mol. The van der Waals surface area contributed by atoms with Gasteiger partial charge in [-0.3, -0.25) is 0 Å². The van der Waals surface area contributed by atoms with Crippen molar-refractivity contribution in [3.05, 3.63) is 35.9 Å². The van der Waals surface area contributed by atoms with E-state index < -0.39 is 5.60 Å². The van der Waals surface area contributed by atoms with Gasteiger partial charge < -0.3 is 5.11 Å². The Morgan fingerprint density at radius 1 is 1.21 bits per heavy atom. The highest BCUT2D eigenvalue weighted by Crippen LogP contribution is 2.14. The SMILES string of the molecule is CC(C)[C@](C)(O)C#Cc1ccccc1. The molecule has 0 spiro atoms. The summed E-state index contributed by atoms with van der Waals surface area (Å²) in [5, 5.41) is 9.88. The molecule has 1 atom stereocenters. The Labute approximate surface area is 85.8 Å². The summed E-state index contributed by atoms with van der Waals surface area (Å²) in [6.45, 7) is 5.66. The summed E-state index contributed by atoms with van der Waals surface area (Å²) < 4.78 is 0. The Morgan fingerprint density at radius 2 is 1.79 bits per heavy atom. The Morgan fingerprint density at radius 3 is 2.29 bits per heavy atom. The smallest absolute Gasteiger partial charge is 0.125 e. The monoisotopic (exact) mass is 188 g/mol. The summed E-state index contributed by atoms with van der Waals surface area (Å²) in [6.07, 6.45) is 0. The van der Waals surface area contributed by atoms with Crippen LogP contribution in [0.5, 0.6) is 0 Å². The van der Waals surface area contributed by atoms with Crippen LogP contribution in [0.1, 0.15) is 26.3 Å². The van der Waals surface area contributed by atoms with Crippen LogP contribution in [0.15, 0.2) is 30.3 Å². The van der Waals surface area contributed by atoms with E-state index in [0.29, 0.717) is 0 Å². The van der Waals surface area contributed by atoms with E-state index >= 15 is 0 Å². The van der Waals surface area contributed by atoms with Crippen molar-refractivity contribution in [2.45, 2.75) is 26.4 Å². The minimum Gasteiger partial charge on any atom is -0.378 e. The third kappa shape index (κ3) is 2.90. The van der Waals surface area contributed by atoms with Gasteiger partial charge in [-0.05, 0) is 25.0 Å². The molecule has 0 aromatic heterocycles. The van der Waals surface area contributed by atoms with Gasteiger partial charge >= 0.3 is 0 Å². The lowest BCUT2D eigenvalue weighted by Crippen LogP contribution is -2.28. The first-order chi connectivity index (χ1) is 6.52. The van der Waals surface area contributed by atoms with E-state index in [2.05, 4.69) is 11.8 Å². The zero-order valence-electron chi connectivity index (χ0n) is 8.91. The molecule has 1 aromatic rings. The number of aliphatic hydroxyl groups is 1. The predicted octanol–water partition coefficient (Wildman–Crippen LogP) is 2.45. The van der Waals surface area contributed by atoms with Crippen LogP contribution in [0, 0.1) is 17.8 Å². The number of benzene rings is 1. The zero-order valence-corrected chi connectivity index (χ0v) is 8.91. The fourth-order valence-corrected chi connectivity index (χ4v) is 0.865. The maximum absolute atomic E-state index is 9.88. The molecule has 0 aliphatic rings. The Balaban J connectivity index is 2.83. The molecule has 0 bridgehead atoms. The summed E-state index contributed by atoms with van der Waals surface area (Å²) in [5.74, 6) is 5.98. The first-order valence-electron chi connectivity index (χ1n) is 4.83. The summed E-state index contributed by atoms with van der Waals surface area (Å²) in [5.41, 5.74) is 0.0315. The van der Waals surface area contributed by atoms with Gasteiger partial charge in [0.25, 0.3) is 0 Å². The van der Waals surface area contributed by atoms with Crippen LogP contribution in [0.2, 0.25) is 0 Å². The van der Waals surface area contributed by atoms with Gasteiger partial charge in [-0.15, -0.1) is 0 Å². The molecule has 0 amide bonds. The van der Waals surface area contributed by atoms with E-state index in [9.17, 15) is 5.11 Å². The highest BCUT2D eigenvalue weighted by Gasteiger charge is 2.21. The molecule has 74 valence electrons. The molecule has 0 unspecified atom stereocenters. The molecule has 0 aliphatic heterocycles. The summed E-state index contributed by atoms with van der Waals surface area (Å²) >= 11 is 0. The lowest BCUT2D eigenvalue weighted by atomic mass is 9.93. The molecule has 1 rings (SSSR count). The molecule has 0 saturated heterocycles. The molecule has 1 nitrogen and oxygen atoms in total. The van der Waals surface area contributed by atoms with Crippen molar-refractivity contribution >= 4 is 0 Å². The number of hydrogen-bond acceptors (Lipinski definition) is 1. The molecule has 1 aromatic carbocycles. The van der Waals surface area contributed by atoms with Crippen LogP contribution in [-0.2, 0) is 0 Å². The van der Waals surface area contributed by atoms with Crippen molar-refractivity contribution in [3.63, 3.8) is 0 Å². The zero-order chi connectivity index (χ0) is 10.6. The molecule has 1 heteroatoms. The Kier molecular flexibility index (Phi) is 3.33. The highest BCUT2D eigenvalue weighted by atomic mass is 16.3. The Bertz CT molecular complexity index is 338. The second kappa shape index (κ2) is 4.30. The van der Waals surface area contributed by atoms with E-state index in [1.165, 1.54) is 0 Å². The fourth-order valence-electron chi connectivity index (χ4n) is 0.865. The lowest BCUT2D eigenvalue weighted by Gasteiger charge is -2.20. The van der Waals surface area contributed by atoms with Crippen LogP contribution in [0.25, 0.3) is 0 Å². The molecular formula is C13H16O. The highest BCUT2D eigenvalue weighted by molar-refractivity contribution is 5.35. The maximum atomic E-state index is 9.88. The molecule has 0 heterocycles. The minimum atomic E-state index is -0.907. The van der Waals surface area contributed by atoms with Crippen LogP contribution < -0.4 is 0 Å². The number of hydrogen-bond donors (Lipinski definition) is 1. The fraction of sp³-hybridized carbons (Fsp3) is 0.385. The van der Waals surface area contributed by atoms with E-state index in [4.69, 9.17) is 0 Å². The second-order valence-corrected chi connectivity index (χ2v) is 3.92. The van der Waals surface area contributed by atoms with Crippen LogP contribution in [0.3, 0.4) is 0 Å². The van der Waals surface area contributed by atoms with Gasteiger partial charge in [0.2, 0.25) is 0 Å². The van der Waals surface area contributed by atoms with Crippen LogP contribution in [-0.4, -0.2) is 10.7 Å². The van der Waals surface area contributed by atoms with Crippen LogP contribution >= 0.6 is 0 Å². The number of rotatable bonds is 1. The minimum absolute atomic E-state index is 0.138. The van der Waals surface area contributed by atoms with Gasteiger partial charge in [0.15, 0.2) is 0 Å². The first-order valence-corrected chi connectivity index (χ1v) is 4.83. The standard InChI is InChI=1S/C13H16O/c1-11(2)13(3,14)10-9-12-7-5-4-6-8-12/h4-8,11,14H,1-3H3/t13-/m1/s1. The second-order valence-electron chi connectivity index (χ2n) is 3.92. The van der Waals surface area contributed by atoms with Gasteiger partial charge in [-0.2, -0.15) is 0 Å². The van der Waals surface area contributed by atoms with Gasteiger partial charge in [0.1, 0.15) is 5.60 Å². The molecule has 14 heavy (non-hydrogen) atoms. The van der Waals surface area contributed by atoms with Gasteiger partial charge in [0.05, 0.1) is 0 Å². The van der Waals surface area contributed by atoms with Crippen LogP contribution in [0.4, 0.5) is 0 Å². The van der Waals surface area contributed by atoms with Crippen molar-refractivity contribution in [2.24, 2.45) is 5.92 Å². The summed E-state index contributed by atoms with van der Waals surface area (Å²) in [6, 6.07) is 9.70. The van der Waals surface area contributed by atoms with Gasteiger partial charge in [0, 0.05) is 5.56 Å². The molecule has 0 aliphatic carbocycles. The van der Waals surface area contributed by atoms with Crippen molar-refractivity contribution < 1.29 is 5.11 Å². The van der Waals surface area contributed by atoms with E-state index in [1.807, 2.05) is 44.2 Å². The van der Waals surface area contributed by atoms with Crippen molar-refractivity contribution in [3.8, 4) is 11.8 Å². The van der Waals surface area contributed by atoms with Gasteiger partial charge in [-0.1, -0.05) is 43.9 Å². The average Bonchev–Trinajstić information content (AvgIpc) is 2.16. The van der Waals surface area contributed by atoms with E-state index in [0.717, 1.165) is 5.56 Å². The first kappa shape index (κ1) is 10.8. The normalized spacial score (nSPS) is 14.4. The third-order valence-electron chi connectivity index (χ3n) is 2.36.